The van der Waals surface area contributed by atoms with Crippen LogP contribution in [0.4, 0.5) is 17.1 Å². The zero-order valence-electron chi connectivity index (χ0n) is 31.2. The molecule has 0 aliphatic carbocycles. The third kappa shape index (κ3) is 5.14. The summed E-state index contributed by atoms with van der Waals surface area (Å²) in [7, 11) is 0. The predicted octanol–water partition coefficient (Wildman–Crippen LogP) is 14.8. The standard InChI is InChI=1S/C53H33N3O2/c1-3-11-35(12-4-1)53-54-52-42-27-21-36(31-37(42)22-30-50(52)58-53)34-19-23-39(24-20-34)55(41-26-29-46-45-16-8-10-18-49(45)57-51(46)33-41)40-25-28-44-43-15-7-9-17-47(43)56(48(44)32-40)38-13-5-2-6-14-38/h1-33H. The minimum atomic E-state index is 0.632. The monoisotopic (exact) mass is 743 g/mol. The summed E-state index contributed by atoms with van der Waals surface area (Å²) in [6.07, 6.45) is 0. The Hall–Kier alpha value is -7.89. The number of aromatic nitrogens is 2. The van der Waals surface area contributed by atoms with Crippen LogP contribution in [-0.4, -0.2) is 9.55 Å². The largest absolute Gasteiger partial charge is 0.456 e. The lowest BCUT2D eigenvalue weighted by Gasteiger charge is -2.26. The number of nitrogens with zero attached hydrogens (tertiary/aromatic N) is 3. The summed E-state index contributed by atoms with van der Waals surface area (Å²) in [5, 5.41) is 6.84. The molecule has 12 rings (SSSR count). The molecule has 0 saturated heterocycles. The molecule has 0 unspecified atom stereocenters. The van der Waals surface area contributed by atoms with Crippen LogP contribution in [0.3, 0.4) is 0 Å². The lowest BCUT2D eigenvalue weighted by atomic mass is 10.00. The molecule has 0 saturated carbocycles. The van der Waals surface area contributed by atoms with E-state index in [9.17, 15) is 0 Å². The molecule has 272 valence electrons. The van der Waals surface area contributed by atoms with Crippen LogP contribution in [0.1, 0.15) is 0 Å². The fourth-order valence-electron chi connectivity index (χ4n) is 8.66. The molecule has 12 aromatic rings. The second kappa shape index (κ2) is 12.8. The highest BCUT2D eigenvalue weighted by Gasteiger charge is 2.19. The van der Waals surface area contributed by atoms with Gasteiger partial charge in [0.25, 0.3) is 0 Å². The molecule has 3 aromatic heterocycles. The maximum absolute atomic E-state index is 6.42. The fourth-order valence-corrected chi connectivity index (χ4v) is 8.66. The van der Waals surface area contributed by atoms with Crippen molar-refractivity contribution in [1.29, 1.82) is 0 Å². The summed E-state index contributed by atoms with van der Waals surface area (Å²) >= 11 is 0. The van der Waals surface area contributed by atoms with Crippen LogP contribution >= 0.6 is 0 Å². The molecule has 0 atom stereocenters. The third-order valence-corrected chi connectivity index (χ3v) is 11.4. The van der Waals surface area contributed by atoms with Gasteiger partial charge in [0.2, 0.25) is 5.89 Å². The van der Waals surface area contributed by atoms with E-state index >= 15 is 0 Å². The fraction of sp³-hybridized carbons (Fsp3) is 0. The van der Waals surface area contributed by atoms with Crippen LogP contribution in [0, 0.1) is 0 Å². The van der Waals surface area contributed by atoms with Crippen LogP contribution in [-0.2, 0) is 0 Å². The second-order valence-electron chi connectivity index (χ2n) is 14.8. The molecule has 5 nitrogen and oxygen atoms in total. The number of hydrogen-bond acceptors (Lipinski definition) is 4. The molecule has 9 aromatic carbocycles. The molecule has 0 amide bonds. The van der Waals surface area contributed by atoms with E-state index in [1.54, 1.807) is 0 Å². The third-order valence-electron chi connectivity index (χ3n) is 11.4. The van der Waals surface area contributed by atoms with E-state index in [2.05, 4.69) is 161 Å². The normalized spacial score (nSPS) is 11.8. The Bertz CT molecular complexity index is 3510. The smallest absolute Gasteiger partial charge is 0.227 e. The summed E-state index contributed by atoms with van der Waals surface area (Å²) in [5.74, 6) is 0.632. The van der Waals surface area contributed by atoms with Crippen LogP contribution in [0.2, 0.25) is 0 Å². The molecule has 0 N–H and O–H groups in total. The number of para-hydroxylation sites is 3. The van der Waals surface area contributed by atoms with Gasteiger partial charge in [-0.05, 0) is 101 Å². The maximum atomic E-state index is 6.42. The first-order valence-corrected chi connectivity index (χ1v) is 19.5. The van der Waals surface area contributed by atoms with Crippen molar-refractivity contribution in [2.45, 2.75) is 0 Å². The van der Waals surface area contributed by atoms with Gasteiger partial charge in [0.05, 0.1) is 11.0 Å². The van der Waals surface area contributed by atoms with E-state index in [0.717, 1.165) is 88.8 Å². The summed E-state index contributed by atoms with van der Waals surface area (Å²) < 4.78 is 15.0. The van der Waals surface area contributed by atoms with Crippen LogP contribution in [0.25, 0.3) is 93.9 Å². The summed E-state index contributed by atoms with van der Waals surface area (Å²) in [4.78, 5) is 7.23. The van der Waals surface area contributed by atoms with Gasteiger partial charge in [-0.15, -0.1) is 0 Å². The Balaban J connectivity index is 0.987. The number of oxazole rings is 1. The van der Waals surface area contributed by atoms with Crippen LogP contribution in [0.5, 0.6) is 0 Å². The van der Waals surface area contributed by atoms with Gasteiger partial charge in [-0.2, -0.15) is 0 Å². The van der Waals surface area contributed by atoms with Gasteiger partial charge in [-0.3, -0.25) is 0 Å². The molecule has 0 fully saturated rings. The zero-order chi connectivity index (χ0) is 38.2. The Labute approximate surface area is 333 Å². The first-order chi connectivity index (χ1) is 28.7. The predicted molar refractivity (Wildman–Crippen MR) is 239 cm³/mol. The molecule has 58 heavy (non-hydrogen) atoms. The van der Waals surface area contributed by atoms with Crippen molar-refractivity contribution < 1.29 is 8.83 Å². The second-order valence-corrected chi connectivity index (χ2v) is 14.8. The van der Waals surface area contributed by atoms with Gasteiger partial charge < -0.3 is 18.3 Å². The van der Waals surface area contributed by atoms with Crippen molar-refractivity contribution in [1.82, 2.24) is 9.55 Å². The Morgan fingerprint density at radius 3 is 1.86 bits per heavy atom. The quantitative estimate of drug-likeness (QED) is 0.170. The Morgan fingerprint density at radius 1 is 0.379 bits per heavy atom. The summed E-state index contributed by atoms with van der Waals surface area (Å²) in [5.41, 5.74) is 13.2. The molecule has 5 heteroatoms. The summed E-state index contributed by atoms with van der Waals surface area (Å²) in [6, 6.07) is 70.5. The van der Waals surface area contributed by atoms with E-state index < -0.39 is 0 Å². The minimum absolute atomic E-state index is 0.632. The van der Waals surface area contributed by atoms with Crippen molar-refractivity contribution >= 4 is 82.7 Å². The van der Waals surface area contributed by atoms with E-state index in [-0.39, 0.29) is 0 Å². The van der Waals surface area contributed by atoms with Gasteiger partial charge in [0.1, 0.15) is 16.7 Å². The van der Waals surface area contributed by atoms with Crippen LogP contribution in [0.15, 0.2) is 209 Å². The van der Waals surface area contributed by atoms with Crippen molar-refractivity contribution in [2.75, 3.05) is 4.90 Å². The number of rotatable bonds is 6. The minimum Gasteiger partial charge on any atom is -0.456 e. The van der Waals surface area contributed by atoms with Gasteiger partial charge in [0, 0.05) is 61.3 Å². The number of furan rings is 1. The maximum Gasteiger partial charge on any atom is 0.227 e. The van der Waals surface area contributed by atoms with Crippen molar-refractivity contribution in [3.8, 4) is 28.3 Å². The zero-order valence-corrected chi connectivity index (χ0v) is 31.2. The highest BCUT2D eigenvalue weighted by molar-refractivity contribution is 6.11. The van der Waals surface area contributed by atoms with Gasteiger partial charge in [0.15, 0.2) is 5.58 Å². The van der Waals surface area contributed by atoms with Gasteiger partial charge in [-0.1, -0.05) is 109 Å². The van der Waals surface area contributed by atoms with E-state index in [0.29, 0.717) is 5.89 Å². The molecular weight excluding hydrogens is 711 g/mol. The van der Waals surface area contributed by atoms with Crippen molar-refractivity contribution in [2.24, 2.45) is 0 Å². The molecule has 3 heterocycles. The molecular formula is C53H33N3O2. The lowest BCUT2D eigenvalue weighted by molar-refractivity contribution is 0.620. The molecule has 0 radical (unpaired) electrons. The molecule has 0 spiro atoms. The Kier molecular flexibility index (Phi) is 7.16. The van der Waals surface area contributed by atoms with Gasteiger partial charge >= 0.3 is 0 Å². The highest BCUT2D eigenvalue weighted by Crippen LogP contribution is 2.42. The SMILES string of the molecule is c1ccc(-c2nc3c(ccc4cc(-c5ccc(N(c6ccc7c(c6)oc6ccccc67)c6ccc7c8ccccc8n(-c8ccccc8)c7c6)cc5)ccc43)o2)cc1. The summed E-state index contributed by atoms with van der Waals surface area (Å²) in [6.45, 7) is 0. The van der Waals surface area contributed by atoms with Crippen LogP contribution < -0.4 is 4.90 Å². The number of fused-ring (bicyclic) bond motifs is 9. The number of hydrogen-bond donors (Lipinski definition) is 0. The topological polar surface area (TPSA) is 47.3 Å². The average molecular weight is 744 g/mol. The van der Waals surface area contributed by atoms with E-state index in [1.807, 2.05) is 48.5 Å². The van der Waals surface area contributed by atoms with Crippen molar-refractivity contribution in [3.05, 3.63) is 200 Å². The Morgan fingerprint density at radius 2 is 1.02 bits per heavy atom. The number of benzene rings is 9. The van der Waals surface area contributed by atoms with E-state index in [4.69, 9.17) is 13.8 Å². The average Bonchev–Trinajstić information content (AvgIpc) is 3.99. The highest BCUT2D eigenvalue weighted by atomic mass is 16.3. The van der Waals surface area contributed by atoms with Gasteiger partial charge in [-0.25, -0.2) is 4.98 Å². The first-order valence-electron chi connectivity index (χ1n) is 19.5. The van der Waals surface area contributed by atoms with E-state index in [1.165, 1.54) is 16.3 Å². The molecule has 0 aliphatic rings. The lowest BCUT2D eigenvalue weighted by Crippen LogP contribution is -2.10. The van der Waals surface area contributed by atoms with Crippen molar-refractivity contribution in [3.63, 3.8) is 0 Å². The molecule has 0 bridgehead atoms. The first kappa shape index (κ1) is 32.4. The molecule has 0 aliphatic heterocycles. The number of anilines is 3.